The van der Waals surface area contributed by atoms with Gasteiger partial charge < -0.3 is 18.9 Å². The predicted octanol–water partition coefficient (Wildman–Crippen LogP) is 13.7. The van der Waals surface area contributed by atoms with Crippen LogP contribution in [0.25, 0.3) is 0 Å². The molecule has 0 radical (unpaired) electrons. The lowest BCUT2D eigenvalue weighted by atomic mass is 9.80. The molecule has 0 amide bonds. The van der Waals surface area contributed by atoms with Crippen LogP contribution in [0.5, 0.6) is 46.0 Å². The summed E-state index contributed by atoms with van der Waals surface area (Å²) in [4.78, 5) is 0. The molecule has 0 heterocycles. The Bertz CT molecular complexity index is 2360. The Morgan fingerprint density at radius 2 is 0.759 bits per heavy atom. The quantitative estimate of drug-likeness (QED) is 0.155. The van der Waals surface area contributed by atoms with Crippen molar-refractivity contribution in [2.45, 2.75) is 78.6 Å². The van der Waals surface area contributed by atoms with Crippen LogP contribution < -0.4 is 18.9 Å². The smallest absolute Gasteiger partial charge is 0.149 e. The number of rotatable bonds is 8. The van der Waals surface area contributed by atoms with Gasteiger partial charge in [-0.25, -0.2) is 0 Å². The third-order valence-corrected chi connectivity index (χ3v) is 9.25. The molecule has 0 fully saturated rings. The number of nitriles is 3. The zero-order valence-electron chi connectivity index (χ0n) is 31.8. The third-order valence-electron chi connectivity index (χ3n) is 8.62. The molecule has 274 valence electrons. The van der Waals surface area contributed by atoms with Crippen molar-refractivity contribution < 1.29 is 18.9 Å². The molecule has 0 aliphatic heterocycles. The van der Waals surface area contributed by atoms with Gasteiger partial charge in [0.15, 0.2) is 0 Å². The number of nitrogens with zero attached hydrogens (tertiary/aromatic N) is 3. The average Bonchev–Trinajstić information content (AvgIpc) is 3.08. The molecule has 5 aromatic rings. The van der Waals surface area contributed by atoms with Crippen molar-refractivity contribution in [1.82, 2.24) is 0 Å². The summed E-state index contributed by atoms with van der Waals surface area (Å²) >= 11 is 12.6. The van der Waals surface area contributed by atoms with Crippen LogP contribution >= 0.6 is 23.2 Å². The van der Waals surface area contributed by atoms with Crippen LogP contribution in [0.15, 0.2) is 84.9 Å². The SMILES string of the molecule is CC(C)(C)c1cc(Oc2cccc(Oc3ccc(Oc4cccc(Cl)c4C#N)cc3C(C)(C)C)c2C#N)c(C(C)(C)C)cc1Oc1cccc(Cl)c1C#N. The van der Waals surface area contributed by atoms with Crippen LogP contribution in [0.1, 0.15) is 95.7 Å². The lowest BCUT2D eigenvalue weighted by Crippen LogP contribution is -2.17. The summed E-state index contributed by atoms with van der Waals surface area (Å²) < 4.78 is 25.7. The first-order valence-electron chi connectivity index (χ1n) is 17.3. The van der Waals surface area contributed by atoms with Gasteiger partial charge in [-0.05, 0) is 83.0 Å². The largest absolute Gasteiger partial charge is 0.456 e. The molecule has 54 heavy (non-hydrogen) atoms. The molecule has 7 nitrogen and oxygen atoms in total. The topological polar surface area (TPSA) is 108 Å². The van der Waals surface area contributed by atoms with Crippen molar-refractivity contribution in [3.05, 3.63) is 128 Å². The molecule has 0 saturated carbocycles. The fourth-order valence-electron chi connectivity index (χ4n) is 5.82. The van der Waals surface area contributed by atoms with E-state index in [0.717, 1.165) is 16.7 Å². The van der Waals surface area contributed by atoms with E-state index < -0.39 is 16.2 Å². The molecular formula is C45H41Cl2N3O4. The number of ether oxygens (including phenoxy) is 4. The fraction of sp³-hybridized carbons (Fsp3) is 0.267. The molecule has 0 atom stereocenters. The average molecular weight is 759 g/mol. The third kappa shape index (κ3) is 8.59. The summed E-state index contributed by atoms with van der Waals surface area (Å²) in [6.07, 6.45) is 0. The Balaban J connectivity index is 1.56. The van der Waals surface area contributed by atoms with E-state index in [4.69, 9.17) is 42.1 Å². The summed E-state index contributed by atoms with van der Waals surface area (Å²) in [5.41, 5.74) is 1.97. The highest BCUT2D eigenvalue weighted by molar-refractivity contribution is 6.32. The lowest BCUT2D eigenvalue weighted by molar-refractivity contribution is 0.421. The number of benzene rings is 5. The van der Waals surface area contributed by atoms with E-state index in [1.165, 1.54) is 0 Å². The number of hydrogen-bond donors (Lipinski definition) is 0. The Morgan fingerprint density at radius 3 is 1.17 bits per heavy atom. The highest BCUT2D eigenvalue weighted by Gasteiger charge is 2.29. The molecule has 9 heteroatoms. The zero-order valence-corrected chi connectivity index (χ0v) is 33.3. The molecule has 0 saturated heterocycles. The summed E-state index contributed by atoms with van der Waals surface area (Å²) in [5.74, 6) is 3.47. The van der Waals surface area contributed by atoms with Gasteiger partial charge in [-0.2, -0.15) is 15.8 Å². The second-order valence-electron chi connectivity index (χ2n) is 15.9. The maximum Gasteiger partial charge on any atom is 0.149 e. The molecule has 0 aliphatic rings. The van der Waals surface area contributed by atoms with Crippen molar-refractivity contribution >= 4 is 23.2 Å². The van der Waals surface area contributed by atoms with Crippen molar-refractivity contribution in [2.75, 3.05) is 0 Å². The van der Waals surface area contributed by atoms with Crippen LogP contribution in [-0.2, 0) is 16.2 Å². The second kappa shape index (κ2) is 15.4. The van der Waals surface area contributed by atoms with Gasteiger partial charge in [0.25, 0.3) is 0 Å². The monoisotopic (exact) mass is 757 g/mol. The Labute approximate surface area is 327 Å². The normalized spacial score (nSPS) is 11.6. The molecule has 0 spiro atoms. The molecule has 5 aromatic carbocycles. The summed E-state index contributed by atoms with van der Waals surface area (Å²) in [7, 11) is 0. The van der Waals surface area contributed by atoms with Crippen molar-refractivity contribution in [3.63, 3.8) is 0 Å². The highest BCUT2D eigenvalue weighted by atomic mass is 35.5. The van der Waals surface area contributed by atoms with E-state index in [0.29, 0.717) is 56.0 Å². The van der Waals surface area contributed by atoms with E-state index in [1.807, 2.05) is 39.0 Å². The Hall–Kier alpha value is -5.65. The molecule has 0 aromatic heterocycles. The van der Waals surface area contributed by atoms with E-state index in [-0.39, 0.29) is 16.7 Å². The minimum absolute atomic E-state index is 0.213. The van der Waals surface area contributed by atoms with Crippen LogP contribution in [-0.4, -0.2) is 0 Å². The van der Waals surface area contributed by atoms with E-state index >= 15 is 0 Å². The highest BCUT2D eigenvalue weighted by Crippen LogP contribution is 2.46. The summed E-state index contributed by atoms with van der Waals surface area (Å²) in [5, 5.41) is 30.6. The second-order valence-corrected chi connectivity index (χ2v) is 16.7. The van der Waals surface area contributed by atoms with E-state index in [1.54, 1.807) is 66.7 Å². The molecule has 5 rings (SSSR count). The first kappa shape index (κ1) is 39.6. The van der Waals surface area contributed by atoms with Crippen LogP contribution in [0.2, 0.25) is 10.0 Å². The van der Waals surface area contributed by atoms with Crippen LogP contribution in [0, 0.1) is 34.0 Å². The molecule has 0 bridgehead atoms. The first-order chi connectivity index (χ1) is 25.3. The van der Waals surface area contributed by atoms with Gasteiger partial charge in [0.1, 0.15) is 80.9 Å². The maximum atomic E-state index is 10.5. The standard InChI is InChI=1S/C45H41Cl2N3O4/c1-43(2,3)31-21-27(51-36-15-10-13-34(46)28(36)24-48)19-20-40(31)52-38-17-12-18-39(30(38)26-50)54-42-23-32(44(4,5)6)41(22-33(42)45(7,8)9)53-37-16-11-14-35(47)29(37)25-49/h10-23H,1-9H3. The fourth-order valence-corrected chi connectivity index (χ4v) is 6.23. The maximum absolute atomic E-state index is 10.5. The Kier molecular flexibility index (Phi) is 11.3. The van der Waals surface area contributed by atoms with Gasteiger partial charge in [-0.3, -0.25) is 0 Å². The zero-order chi connectivity index (χ0) is 39.6. The minimum Gasteiger partial charge on any atom is -0.456 e. The van der Waals surface area contributed by atoms with Gasteiger partial charge in [0, 0.05) is 16.7 Å². The molecule has 0 aliphatic carbocycles. The van der Waals surface area contributed by atoms with Crippen molar-refractivity contribution in [3.8, 4) is 64.2 Å². The summed E-state index contributed by atoms with van der Waals surface area (Å²) in [6.45, 7) is 18.5. The molecular weight excluding hydrogens is 717 g/mol. The van der Waals surface area contributed by atoms with Gasteiger partial charge in [0.2, 0.25) is 0 Å². The molecule has 0 N–H and O–H groups in total. The minimum atomic E-state index is -0.415. The molecule has 0 unspecified atom stereocenters. The van der Waals surface area contributed by atoms with Gasteiger partial charge in [-0.1, -0.05) is 104 Å². The van der Waals surface area contributed by atoms with Crippen molar-refractivity contribution in [1.29, 1.82) is 15.8 Å². The van der Waals surface area contributed by atoms with Crippen LogP contribution in [0.4, 0.5) is 0 Å². The van der Waals surface area contributed by atoms with Gasteiger partial charge in [-0.15, -0.1) is 0 Å². The van der Waals surface area contributed by atoms with Crippen molar-refractivity contribution in [2.24, 2.45) is 0 Å². The van der Waals surface area contributed by atoms with Gasteiger partial charge >= 0.3 is 0 Å². The van der Waals surface area contributed by atoms with E-state index in [2.05, 4.69) is 59.8 Å². The number of hydrogen-bond acceptors (Lipinski definition) is 7. The summed E-state index contributed by atoms with van der Waals surface area (Å²) in [6, 6.07) is 31.3. The van der Waals surface area contributed by atoms with Crippen LogP contribution in [0.3, 0.4) is 0 Å². The predicted molar refractivity (Wildman–Crippen MR) is 213 cm³/mol. The lowest BCUT2D eigenvalue weighted by Gasteiger charge is -2.29. The first-order valence-corrected chi connectivity index (χ1v) is 18.1. The Morgan fingerprint density at radius 1 is 0.407 bits per heavy atom. The van der Waals surface area contributed by atoms with E-state index in [9.17, 15) is 15.8 Å². The van der Waals surface area contributed by atoms with Gasteiger partial charge in [0.05, 0.1) is 10.0 Å². The number of halogens is 2.